The maximum absolute atomic E-state index is 12.1. The molecule has 108 valence electrons. The molecule has 0 bridgehead atoms. The minimum atomic E-state index is -3.95. The first kappa shape index (κ1) is 14.8. The van der Waals surface area contributed by atoms with Crippen molar-refractivity contribution in [2.45, 2.75) is 17.6 Å². The van der Waals surface area contributed by atoms with Gasteiger partial charge in [0.25, 0.3) is 15.7 Å². The van der Waals surface area contributed by atoms with Crippen molar-refractivity contribution in [2.24, 2.45) is 0 Å². The molecular weight excluding hydrogens is 328 g/mol. The number of H-pyrrole nitrogens is 1. The number of anilines is 1. The second-order valence-electron chi connectivity index (χ2n) is 3.72. The van der Waals surface area contributed by atoms with Gasteiger partial charge in [-0.1, -0.05) is 18.5 Å². The fourth-order valence-corrected chi connectivity index (χ4v) is 4.03. The smallest absolute Gasteiger partial charge is 0.280 e. The van der Waals surface area contributed by atoms with Gasteiger partial charge in [0.1, 0.15) is 4.21 Å². The first-order valence-electron chi connectivity index (χ1n) is 5.34. The molecule has 2 heterocycles. The van der Waals surface area contributed by atoms with Crippen LogP contribution in [-0.4, -0.2) is 23.5 Å². The molecule has 0 aliphatic carbocycles. The molecule has 0 atom stereocenters. The van der Waals surface area contributed by atoms with E-state index in [0.717, 1.165) is 11.8 Å². The van der Waals surface area contributed by atoms with Crippen LogP contribution in [0.15, 0.2) is 16.3 Å². The Labute approximate surface area is 123 Å². The summed E-state index contributed by atoms with van der Waals surface area (Å²) in [5.74, 6) is 0.119. The van der Waals surface area contributed by atoms with E-state index in [1.54, 1.807) is 6.07 Å². The van der Waals surface area contributed by atoms with Crippen LogP contribution in [0.3, 0.4) is 0 Å². The minimum Gasteiger partial charge on any atom is -0.280 e. The first-order valence-corrected chi connectivity index (χ1v) is 8.02. The summed E-state index contributed by atoms with van der Waals surface area (Å²) >= 11 is 6.26. The maximum atomic E-state index is 12.1. The largest absolute Gasteiger partial charge is 0.300 e. The topological polar surface area (TPSA) is 118 Å². The van der Waals surface area contributed by atoms with E-state index in [-0.39, 0.29) is 14.4 Å². The molecular formula is C9H9ClN4O4S2. The maximum Gasteiger partial charge on any atom is 0.300 e. The van der Waals surface area contributed by atoms with Crippen molar-refractivity contribution in [3.63, 3.8) is 0 Å². The lowest BCUT2D eigenvalue weighted by atomic mass is 10.3. The van der Waals surface area contributed by atoms with E-state index >= 15 is 0 Å². The van der Waals surface area contributed by atoms with Crippen LogP contribution < -0.4 is 4.72 Å². The third-order valence-electron chi connectivity index (χ3n) is 2.36. The molecule has 2 rings (SSSR count). The summed E-state index contributed by atoms with van der Waals surface area (Å²) in [6.45, 7) is 1.88. The summed E-state index contributed by atoms with van der Waals surface area (Å²) in [7, 11) is -3.95. The highest BCUT2D eigenvalue weighted by atomic mass is 35.5. The van der Waals surface area contributed by atoms with Gasteiger partial charge in [0, 0.05) is 17.8 Å². The van der Waals surface area contributed by atoms with Crippen molar-refractivity contribution in [2.75, 3.05) is 4.72 Å². The van der Waals surface area contributed by atoms with Crippen LogP contribution >= 0.6 is 22.9 Å². The van der Waals surface area contributed by atoms with Crippen molar-refractivity contribution in [1.29, 1.82) is 0 Å². The van der Waals surface area contributed by atoms with Crippen molar-refractivity contribution in [3.8, 4) is 0 Å². The van der Waals surface area contributed by atoms with Gasteiger partial charge in [-0.3, -0.25) is 19.9 Å². The van der Waals surface area contributed by atoms with Crippen LogP contribution in [-0.2, 0) is 16.4 Å². The Morgan fingerprint density at radius 2 is 2.25 bits per heavy atom. The molecule has 0 saturated carbocycles. The Morgan fingerprint density at radius 3 is 2.75 bits per heavy atom. The van der Waals surface area contributed by atoms with Gasteiger partial charge in [-0.15, -0.1) is 11.3 Å². The zero-order chi connectivity index (χ0) is 14.9. The van der Waals surface area contributed by atoms with E-state index in [1.165, 1.54) is 0 Å². The SMILES string of the molecule is CCc1cc(NS(=O)(=O)c2cc([N+](=O)[O-])c(Cl)s2)n[nH]1. The Balaban J connectivity index is 2.30. The molecule has 0 saturated heterocycles. The minimum absolute atomic E-state index is 0.119. The number of hydrogen-bond acceptors (Lipinski definition) is 6. The van der Waals surface area contributed by atoms with Crippen molar-refractivity contribution >= 4 is 44.5 Å². The van der Waals surface area contributed by atoms with Gasteiger partial charge < -0.3 is 0 Å². The number of halogens is 1. The Kier molecular flexibility index (Phi) is 3.97. The van der Waals surface area contributed by atoms with Crippen LogP contribution in [0.25, 0.3) is 0 Å². The number of aromatic amines is 1. The van der Waals surface area contributed by atoms with Crippen LogP contribution in [0.1, 0.15) is 12.6 Å². The summed E-state index contributed by atoms with van der Waals surface area (Å²) in [6, 6.07) is 2.46. The van der Waals surface area contributed by atoms with E-state index in [4.69, 9.17) is 11.6 Å². The number of nitrogens with one attached hydrogen (secondary N) is 2. The average Bonchev–Trinajstić information content (AvgIpc) is 2.95. The van der Waals surface area contributed by atoms with E-state index in [9.17, 15) is 18.5 Å². The van der Waals surface area contributed by atoms with E-state index in [2.05, 4.69) is 14.9 Å². The quantitative estimate of drug-likeness (QED) is 0.642. The summed E-state index contributed by atoms with van der Waals surface area (Å²) in [6.07, 6.45) is 0.672. The third-order valence-corrected chi connectivity index (χ3v) is 5.52. The van der Waals surface area contributed by atoms with Crippen LogP contribution in [0.2, 0.25) is 4.34 Å². The zero-order valence-electron chi connectivity index (χ0n) is 10.1. The molecule has 0 radical (unpaired) electrons. The molecule has 0 aliphatic heterocycles. The highest BCUT2D eigenvalue weighted by Gasteiger charge is 2.25. The molecule has 2 aromatic rings. The van der Waals surface area contributed by atoms with E-state index in [0.29, 0.717) is 17.8 Å². The van der Waals surface area contributed by atoms with Crippen LogP contribution in [0.5, 0.6) is 0 Å². The van der Waals surface area contributed by atoms with Crippen LogP contribution in [0.4, 0.5) is 11.5 Å². The fourth-order valence-electron chi connectivity index (χ4n) is 1.38. The molecule has 0 aromatic carbocycles. The highest BCUT2D eigenvalue weighted by molar-refractivity contribution is 7.94. The lowest BCUT2D eigenvalue weighted by Crippen LogP contribution is -2.11. The number of rotatable bonds is 5. The van der Waals surface area contributed by atoms with Gasteiger partial charge in [0.15, 0.2) is 10.2 Å². The summed E-state index contributed by atoms with van der Waals surface area (Å²) in [5, 5.41) is 17.1. The van der Waals surface area contributed by atoms with Crippen molar-refractivity contribution in [3.05, 3.63) is 32.3 Å². The number of hydrogen-bond donors (Lipinski definition) is 2. The highest BCUT2D eigenvalue weighted by Crippen LogP contribution is 2.36. The summed E-state index contributed by atoms with van der Waals surface area (Å²) in [5.41, 5.74) is 0.325. The Hall–Kier alpha value is -1.65. The Bertz CT molecular complexity index is 752. The predicted octanol–water partition coefficient (Wildman–Crippen LogP) is 2.40. The van der Waals surface area contributed by atoms with Gasteiger partial charge in [0.2, 0.25) is 0 Å². The second-order valence-corrected chi connectivity index (χ2v) is 7.28. The molecule has 0 spiro atoms. The molecule has 0 amide bonds. The van der Waals surface area contributed by atoms with E-state index < -0.39 is 20.6 Å². The summed E-state index contributed by atoms with van der Waals surface area (Å²) < 4.78 is 25.9. The monoisotopic (exact) mass is 336 g/mol. The number of thiophene rings is 1. The predicted molar refractivity (Wildman–Crippen MR) is 74.8 cm³/mol. The van der Waals surface area contributed by atoms with Crippen LogP contribution in [0, 0.1) is 10.1 Å². The average molecular weight is 337 g/mol. The molecule has 0 aliphatic rings. The molecule has 0 unspecified atom stereocenters. The van der Waals surface area contributed by atoms with Crippen molar-refractivity contribution < 1.29 is 13.3 Å². The number of nitrogens with zero attached hydrogens (tertiary/aromatic N) is 2. The number of sulfonamides is 1. The fraction of sp³-hybridized carbons (Fsp3) is 0.222. The second kappa shape index (κ2) is 5.38. The van der Waals surface area contributed by atoms with Gasteiger partial charge in [-0.2, -0.15) is 5.10 Å². The molecule has 8 nitrogen and oxygen atoms in total. The molecule has 20 heavy (non-hydrogen) atoms. The number of aryl methyl sites for hydroxylation is 1. The van der Waals surface area contributed by atoms with Gasteiger partial charge in [-0.05, 0) is 6.42 Å². The molecule has 11 heteroatoms. The van der Waals surface area contributed by atoms with Gasteiger partial charge in [-0.25, -0.2) is 8.42 Å². The normalized spacial score (nSPS) is 11.5. The van der Waals surface area contributed by atoms with Gasteiger partial charge >= 0.3 is 0 Å². The molecule has 2 aromatic heterocycles. The third kappa shape index (κ3) is 2.92. The lowest BCUT2D eigenvalue weighted by molar-refractivity contribution is -0.384. The first-order chi connectivity index (χ1) is 9.33. The Morgan fingerprint density at radius 1 is 1.55 bits per heavy atom. The lowest BCUT2D eigenvalue weighted by Gasteiger charge is -2.00. The number of aromatic nitrogens is 2. The van der Waals surface area contributed by atoms with Crippen molar-refractivity contribution in [1.82, 2.24) is 10.2 Å². The molecule has 0 fully saturated rings. The van der Waals surface area contributed by atoms with Gasteiger partial charge in [0.05, 0.1) is 4.92 Å². The number of nitro groups is 1. The molecule has 2 N–H and O–H groups in total. The zero-order valence-corrected chi connectivity index (χ0v) is 12.5. The standard InChI is InChI=1S/C9H9ClN4O4S2/c1-2-5-3-7(12-11-5)13-20(17,18)8-4-6(14(15)16)9(10)19-8/h3-4H,2H2,1H3,(H2,11,12,13). The summed E-state index contributed by atoms with van der Waals surface area (Å²) in [4.78, 5) is 9.92. The van der Waals surface area contributed by atoms with E-state index in [1.807, 2.05) is 6.92 Å².